The van der Waals surface area contributed by atoms with Crippen LogP contribution in [-0.2, 0) is 0 Å². The van der Waals surface area contributed by atoms with Gasteiger partial charge in [-0.05, 0) is 6.07 Å². The van der Waals surface area contributed by atoms with Crippen molar-refractivity contribution in [1.82, 2.24) is 0 Å². The minimum Gasteiger partial charge on any atom is -0.434 e. The zero-order valence-corrected chi connectivity index (χ0v) is 8.05. The summed E-state index contributed by atoms with van der Waals surface area (Å²) >= 11 is 0. The van der Waals surface area contributed by atoms with Gasteiger partial charge < -0.3 is 9.84 Å². The van der Waals surface area contributed by atoms with Crippen LogP contribution in [0.2, 0.25) is 0 Å². The molecule has 1 aromatic rings. The molecule has 0 amide bonds. The normalized spacial score (nSPS) is 12.5. The van der Waals surface area contributed by atoms with Crippen LogP contribution in [0.1, 0.15) is 11.7 Å². The van der Waals surface area contributed by atoms with Crippen LogP contribution < -0.4 is 4.74 Å². The van der Waals surface area contributed by atoms with Gasteiger partial charge in [-0.3, -0.25) is 10.1 Å². The van der Waals surface area contributed by atoms with E-state index in [2.05, 4.69) is 4.74 Å². The van der Waals surface area contributed by atoms with E-state index in [0.29, 0.717) is 0 Å². The summed E-state index contributed by atoms with van der Waals surface area (Å²) in [5.74, 6) is -0.258. The first-order valence-electron chi connectivity index (χ1n) is 4.34. The number of alkyl halides is 2. The maximum atomic E-state index is 12.0. The third kappa shape index (κ3) is 3.43. The molecular formula is C9H9F2NO4. The Kier molecular flexibility index (Phi) is 4.12. The van der Waals surface area contributed by atoms with Gasteiger partial charge in [-0.1, -0.05) is 18.2 Å². The highest BCUT2D eigenvalue weighted by molar-refractivity contribution is 5.35. The largest absolute Gasteiger partial charge is 0.434 e. The number of para-hydroxylation sites is 1. The van der Waals surface area contributed by atoms with Gasteiger partial charge in [0.1, 0.15) is 11.9 Å². The highest BCUT2D eigenvalue weighted by Gasteiger charge is 2.19. The number of benzene rings is 1. The zero-order valence-electron chi connectivity index (χ0n) is 8.05. The van der Waals surface area contributed by atoms with Gasteiger partial charge in [0.05, 0.1) is 0 Å². The van der Waals surface area contributed by atoms with Crippen molar-refractivity contribution in [3.8, 4) is 5.75 Å². The van der Waals surface area contributed by atoms with Gasteiger partial charge >= 0.3 is 6.61 Å². The fraction of sp³-hybridized carbons (Fsp3) is 0.333. The molecule has 1 atom stereocenters. The Morgan fingerprint density at radius 2 is 2.06 bits per heavy atom. The van der Waals surface area contributed by atoms with Crippen molar-refractivity contribution in [2.45, 2.75) is 12.7 Å². The molecule has 1 unspecified atom stereocenters. The average Bonchev–Trinajstić information content (AvgIpc) is 2.16. The van der Waals surface area contributed by atoms with Crippen LogP contribution in [-0.4, -0.2) is 23.2 Å². The smallest absolute Gasteiger partial charge is 0.387 e. The molecule has 7 heteroatoms. The maximum absolute atomic E-state index is 12.0. The third-order valence-electron chi connectivity index (χ3n) is 1.82. The molecule has 0 saturated carbocycles. The molecule has 0 aromatic heterocycles. The zero-order chi connectivity index (χ0) is 12.1. The number of hydrogen-bond donors (Lipinski definition) is 1. The van der Waals surface area contributed by atoms with Crippen molar-refractivity contribution >= 4 is 0 Å². The molecule has 1 aromatic carbocycles. The second kappa shape index (κ2) is 5.36. The van der Waals surface area contributed by atoms with Crippen molar-refractivity contribution in [3.63, 3.8) is 0 Å². The fourth-order valence-corrected chi connectivity index (χ4v) is 1.20. The Bertz CT molecular complexity index is 372. The summed E-state index contributed by atoms with van der Waals surface area (Å²) < 4.78 is 28.1. The number of rotatable bonds is 5. The van der Waals surface area contributed by atoms with Crippen LogP contribution in [0.5, 0.6) is 5.75 Å². The van der Waals surface area contributed by atoms with Gasteiger partial charge in [-0.2, -0.15) is 8.78 Å². The van der Waals surface area contributed by atoms with Crippen molar-refractivity contribution in [3.05, 3.63) is 39.9 Å². The summed E-state index contributed by atoms with van der Waals surface area (Å²) in [6, 6.07) is 5.41. The maximum Gasteiger partial charge on any atom is 0.387 e. The Morgan fingerprint density at radius 1 is 1.44 bits per heavy atom. The first-order valence-corrected chi connectivity index (χ1v) is 4.34. The minimum absolute atomic E-state index is 0.0282. The van der Waals surface area contributed by atoms with Crippen molar-refractivity contribution in [1.29, 1.82) is 0 Å². The van der Waals surface area contributed by atoms with Gasteiger partial charge in [0, 0.05) is 10.5 Å². The highest BCUT2D eigenvalue weighted by Crippen LogP contribution is 2.26. The van der Waals surface area contributed by atoms with Crippen LogP contribution >= 0.6 is 0 Å². The lowest BCUT2D eigenvalue weighted by Crippen LogP contribution is -2.14. The molecule has 5 nitrogen and oxygen atoms in total. The standard InChI is InChI=1S/C9H9F2NO4/c10-9(11)16-8-4-2-1-3-6(8)7(13)5-12(14)15/h1-4,7,9,13H,5H2. The van der Waals surface area contributed by atoms with E-state index in [1.165, 1.54) is 24.3 Å². The molecular weight excluding hydrogens is 224 g/mol. The summed E-state index contributed by atoms with van der Waals surface area (Å²) in [6.07, 6.45) is -1.47. The van der Waals surface area contributed by atoms with E-state index in [1.54, 1.807) is 0 Å². The molecule has 0 aliphatic heterocycles. The molecule has 0 aliphatic rings. The predicted molar refractivity (Wildman–Crippen MR) is 49.9 cm³/mol. The molecule has 0 heterocycles. The van der Waals surface area contributed by atoms with Gasteiger partial charge in [-0.15, -0.1) is 0 Å². The van der Waals surface area contributed by atoms with Gasteiger partial charge in [-0.25, -0.2) is 0 Å². The van der Waals surface area contributed by atoms with E-state index >= 15 is 0 Å². The Labute approximate surface area is 89.4 Å². The highest BCUT2D eigenvalue weighted by atomic mass is 19.3. The molecule has 16 heavy (non-hydrogen) atoms. The lowest BCUT2D eigenvalue weighted by molar-refractivity contribution is -0.491. The Balaban J connectivity index is 2.89. The number of nitrogens with zero attached hydrogens (tertiary/aromatic N) is 1. The fourth-order valence-electron chi connectivity index (χ4n) is 1.20. The lowest BCUT2D eigenvalue weighted by atomic mass is 10.1. The van der Waals surface area contributed by atoms with E-state index in [0.717, 1.165) is 0 Å². The SMILES string of the molecule is O=[N+]([O-])CC(O)c1ccccc1OC(F)F. The Morgan fingerprint density at radius 3 is 2.62 bits per heavy atom. The predicted octanol–water partition coefficient (Wildman–Crippen LogP) is 1.60. The number of hydrogen-bond acceptors (Lipinski definition) is 4. The average molecular weight is 233 g/mol. The van der Waals surface area contributed by atoms with Crippen LogP contribution in [0.3, 0.4) is 0 Å². The van der Waals surface area contributed by atoms with Crippen LogP contribution in [0, 0.1) is 10.1 Å². The van der Waals surface area contributed by atoms with E-state index in [-0.39, 0.29) is 11.3 Å². The molecule has 1 N–H and O–H groups in total. The first kappa shape index (κ1) is 12.3. The van der Waals surface area contributed by atoms with Crippen molar-refractivity contribution in [2.24, 2.45) is 0 Å². The molecule has 0 bridgehead atoms. The topological polar surface area (TPSA) is 72.6 Å². The van der Waals surface area contributed by atoms with E-state index < -0.39 is 24.2 Å². The quantitative estimate of drug-likeness (QED) is 0.619. The van der Waals surface area contributed by atoms with Crippen LogP contribution in [0.4, 0.5) is 8.78 Å². The molecule has 1 rings (SSSR count). The minimum atomic E-state index is -3.04. The molecule has 88 valence electrons. The van der Waals surface area contributed by atoms with Crippen LogP contribution in [0.25, 0.3) is 0 Å². The summed E-state index contributed by atoms with van der Waals surface area (Å²) in [7, 11) is 0. The number of nitro groups is 1. The van der Waals surface area contributed by atoms with Gasteiger partial charge in [0.2, 0.25) is 6.54 Å². The van der Waals surface area contributed by atoms with Crippen molar-refractivity contribution < 1.29 is 23.5 Å². The monoisotopic (exact) mass is 233 g/mol. The lowest BCUT2D eigenvalue weighted by Gasteiger charge is -2.12. The molecule has 0 saturated heterocycles. The van der Waals surface area contributed by atoms with Crippen LogP contribution in [0.15, 0.2) is 24.3 Å². The summed E-state index contributed by atoms with van der Waals surface area (Å²) in [4.78, 5) is 9.44. The number of aliphatic hydroxyl groups is 1. The van der Waals surface area contributed by atoms with E-state index in [1.807, 2.05) is 0 Å². The second-order valence-electron chi connectivity index (χ2n) is 2.95. The van der Waals surface area contributed by atoms with Gasteiger partial charge in [0.15, 0.2) is 0 Å². The van der Waals surface area contributed by atoms with E-state index in [9.17, 15) is 24.0 Å². The first-order chi connectivity index (χ1) is 7.50. The summed E-state index contributed by atoms with van der Waals surface area (Å²) in [6.45, 7) is -3.80. The summed E-state index contributed by atoms with van der Waals surface area (Å²) in [5, 5.41) is 19.6. The molecule has 0 radical (unpaired) electrons. The molecule has 0 aliphatic carbocycles. The second-order valence-corrected chi connectivity index (χ2v) is 2.95. The number of aliphatic hydroxyl groups excluding tert-OH is 1. The summed E-state index contributed by atoms with van der Waals surface area (Å²) in [5.41, 5.74) is -0.0282. The molecule has 0 fully saturated rings. The molecule has 0 spiro atoms. The van der Waals surface area contributed by atoms with Crippen molar-refractivity contribution in [2.75, 3.05) is 6.54 Å². The Hall–Kier alpha value is -1.76. The number of halogens is 2. The number of ether oxygens (including phenoxy) is 1. The van der Waals surface area contributed by atoms with Gasteiger partial charge in [0.25, 0.3) is 0 Å². The van der Waals surface area contributed by atoms with E-state index in [4.69, 9.17) is 0 Å². The third-order valence-corrected chi connectivity index (χ3v) is 1.82.